The predicted molar refractivity (Wildman–Crippen MR) is 144 cm³/mol. The van der Waals surface area contributed by atoms with Crippen molar-refractivity contribution in [1.82, 2.24) is 9.88 Å². The van der Waals surface area contributed by atoms with Gasteiger partial charge in [-0.25, -0.2) is 0 Å². The number of nitrogens with one attached hydrogen (secondary N) is 1. The van der Waals surface area contributed by atoms with E-state index in [2.05, 4.69) is 4.98 Å². The summed E-state index contributed by atoms with van der Waals surface area (Å²) in [4.78, 5) is 33.5. The molecule has 1 amide bonds. The molecular weight excluding hydrogens is 482 g/mol. The molecule has 0 aliphatic carbocycles. The number of aliphatic hydroxyl groups is 1. The molecule has 3 heterocycles. The molecule has 1 fully saturated rings. The van der Waals surface area contributed by atoms with E-state index in [1.165, 1.54) is 17.0 Å². The van der Waals surface area contributed by atoms with Crippen molar-refractivity contribution in [2.45, 2.75) is 12.5 Å². The Morgan fingerprint density at radius 1 is 1.08 bits per heavy atom. The monoisotopic (exact) mass is 509 g/mol. The Labute approximate surface area is 219 Å². The number of Topliss-reactive ketones (excluding diaryl/α,β-unsaturated/α-hetero) is 1. The van der Waals surface area contributed by atoms with Crippen molar-refractivity contribution in [2.75, 3.05) is 31.6 Å². The van der Waals surface area contributed by atoms with Crippen LogP contribution in [-0.2, 0) is 16.0 Å². The van der Waals surface area contributed by atoms with Gasteiger partial charge in [-0.3, -0.25) is 9.59 Å². The first kappa shape index (κ1) is 23.7. The molecule has 0 radical (unpaired) electrons. The number of anilines is 1. The summed E-state index contributed by atoms with van der Waals surface area (Å²) in [6.07, 6.45) is 2.42. The lowest BCUT2D eigenvalue weighted by molar-refractivity contribution is -0.139. The second-order valence-corrected chi connectivity index (χ2v) is 9.65. The average Bonchev–Trinajstić information content (AvgIpc) is 3.45. The first-order chi connectivity index (χ1) is 18.4. The van der Waals surface area contributed by atoms with Gasteiger partial charge in [0.05, 0.1) is 23.8 Å². The van der Waals surface area contributed by atoms with Crippen LogP contribution in [0, 0.1) is 0 Å². The Morgan fingerprint density at radius 3 is 2.76 bits per heavy atom. The SMILES string of the molecule is CN1CCOc2ccc(/C(O)=C3/C(=O)C(=O)N(CCc4c[nH]c5ccccc45)C3c3cccc(O)c3)cc21. The van der Waals surface area contributed by atoms with Crippen molar-refractivity contribution in [3.05, 3.63) is 95.2 Å². The summed E-state index contributed by atoms with van der Waals surface area (Å²) in [6.45, 7) is 1.51. The molecule has 1 saturated heterocycles. The zero-order valence-corrected chi connectivity index (χ0v) is 20.8. The number of phenolic OH excluding ortho intramolecular Hbond substituents is 1. The Bertz CT molecular complexity index is 1600. The molecule has 192 valence electrons. The second-order valence-electron chi connectivity index (χ2n) is 9.65. The lowest BCUT2D eigenvalue weighted by Gasteiger charge is -2.28. The maximum atomic E-state index is 13.4. The van der Waals surface area contributed by atoms with Crippen LogP contribution in [0.4, 0.5) is 5.69 Å². The third-order valence-corrected chi connectivity index (χ3v) is 7.35. The Kier molecular flexibility index (Phi) is 5.79. The molecule has 38 heavy (non-hydrogen) atoms. The highest BCUT2D eigenvalue weighted by Crippen LogP contribution is 2.42. The summed E-state index contributed by atoms with van der Waals surface area (Å²) in [7, 11) is 1.93. The van der Waals surface area contributed by atoms with E-state index in [0.29, 0.717) is 36.4 Å². The number of aromatic amines is 1. The highest BCUT2D eigenvalue weighted by atomic mass is 16.5. The second kappa shape index (κ2) is 9.30. The fourth-order valence-corrected chi connectivity index (χ4v) is 5.38. The van der Waals surface area contributed by atoms with E-state index in [1.807, 2.05) is 42.4 Å². The first-order valence-electron chi connectivity index (χ1n) is 12.5. The minimum atomic E-state index is -0.850. The number of hydrogen-bond donors (Lipinski definition) is 3. The number of ether oxygens (including phenoxy) is 1. The van der Waals surface area contributed by atoms with Crippen molar-refractivity contribution in [1.29, 1.82) is 0 Å². The standard InChI is InChI=1S/C30H27N3O5/c1-32-13-14-38-25-10-9-19(16-24(25)32)28(35)26-27(18-5-4-6-21(34)15-18)33(30(37)29(26)36)12-11-20-17-31-23-8-3-2-7-22(20)23/h2-10,15-17,27,31,34-35H,11-14H2,1H3/b28-26-. The molecular formula is C30H27N3O5. The number of likely N-dealkylation sites (N-methyl/N-ethyl adjacent to an activating group) is 1. The van der Waals surface area contributed by atoms with Gasteiger partial charge in [0, 0.05) is 36.3 Å². The molecule has 2 aliphatic rings. The lowest BCUT2D eigenvalue weighted by atomic mass is 9.94. The largest absolute Gasteiger partial charge is 0.508 e. The third-order valence-electron chi connectivity index (χ3n) is 7.35. The van der Waals surface area contributed by atoms with Crippen LogP contribution in [0.15, 0.2) is 78.5 Å². The molecule has 0 spiro atoms. The number of amides is 1. The fourth-order valence-electron chi connectivity index (χ4n) is 5.38. The van der Waals surface area contributed by atoms with Crippen molar-refractivity contribution < 1.29 is 24.5 Å². The van der Waals surface area contributed by atoms with Gasteiger partial charge in [0.1, 0.15) is 23.9 Å². The van der Waals surface area contributed by atoms with Gasteiger partial charge in [-0.2, -0.15) is 0 Å². The van der Waals surface area contributed by atoms with Crippen LogP contribution in [-0.4, -0.2) is 58.5 Å². The molecule has 1 atom stereocenters. The molecule has 8 nitrogen and oxygen atoms in total. The maximum Gasteiger partial charge on any atom is 0.295 e. The number of hydrogen-bond acceptors (Lipinski definition) is 6. The van der Waals surface area contributed by atoms with Gasteiger partial charge >= 0.3 is 0 Å². The molecule has 2 aliphatic heterocycles. The molecule has 3 aromatic carbocycles. The minimum Gasteiger partial charge on any atom is -0.508 e. The van der Waals surface area contributed by atoms with Gasteiger partial charge in [-0.05, 0) is 53.9 Å². The fraction of sp³-hybridized carbons (Fsp3) is 0.200. The number of nitrogens with zero attached hydrogens (tertiary/aromatic N) is 2. The van der Waals surface area contributed by atoms with Crippen LogP contribution in [0.1, 0.15) is 22.7 Å². The number of carbonyl (C=O) groups excluding carboxylic acids is 2. The molecule has 1 unspecified atom stereocenters. The summed E-state index contributed by atoms with van der Waals surface area (Å²) in [5.41, 5.74) is 3.77. The zero-order valence-electron chi connectivity index (χ0n) is 20.8. The summed E-state index contributed by atoms with van der Waals surface area (Å²) < 4.78 is 5.71. The molecule has 0 bridgehead atoms. The highest BCUT2D eigenvalue weighted by Gasteiger charge is 2.46. The van der Waals surface area contributed by atoms with Gasteiger partial charge in [0.25, 0.3) is 11.7 Å². The number of para-hydroxylation sites is 1. The number of benzene rings is 3. The van der Waals surface area contributed by atoms with Crippen molar-refractivity contribution in [3.63, 3.8) is 0 Å². The molecule has 3 N–H and O–H groups in total. The number of phenols is 1. The number of ketones is 1. The first-order valence-corrected chi connectivity index (χ1v) is 12.5. The summed E-state index contributed by atoms with van der Waals surface area (Å²) in [5, 5.41) is 22.7. The van der Waals surface area contributed by atoms with Gasteiger partial charge in [0.2, 0.25) is 0 Å². The molecule has 1 aromatic heterocycles. The van der Waals surface area contributed by atoms with E-state index in [0.717, 1.165) is 22.2 Å². The van der Waals surface area contributed by atoms with Crippen LogP contribution >= 0.6 is 0 Å². The van der Waals surface area contributed by atoms with Crippen LogP contribution < -0.4 is 9.64 Å². The van der Waals surface area contributed by atoms with E-state index in [-0.39, 0.29) is 23.6 Å². The number of fused-ring (bicyclic) bond motifs is 2. The maximum absolute atomic E-state index is 13.4. The van der Waals surface area contributed by atoms with Gasteiger partial charge in [0.15, 0.2) is 0 Å². The van der Waals surface area contributed by atoms with Crippen molar-refractivity contribution >= 4 is 34.0 Å². The number of H-pyrrole nitrogens is 1. The quantitative estimate of drug-likeness (QED) is 0.210. The Balaban J connectivity index is 1.42. The summed E-state index contributed by atoms with van der Waals surface area (Å²) in [6, 6.07) is 18.7. The van der Waals surface area contributed by atoms with Crippen LogP contribution in [0.25, 0.3) is 16.7 Å². The van der Waals surface area contributed by atoms with E-state index >= 15 is 0 Å². The van der Waals surface area contributed by atoms with Crippen LogP contribution in [0.3, 0.4) is 0 Å². The predicted octanol–water partition coefficient (Wildman–Crippen LogP) is 4.37. The minimum absolute atomic E-state index is 0.00106. The number of carbonyl (C=O) groups is 2. The smallest absolute Gasteiger partial charge is 0.295 e. The number of rotatable bonds is 5. The van der Waals surface area contributed by atoms with Crippen LogP contribution in [0.5, 0.6) is 11.5 Å². The van der Waals surface area contributed by atoms with Gasteiger partial charge < -0.3 is 29.7 Å². The molecule has 8 heteroatoms. The highest BCUT2D eigenvalue weighted by molar-refractivity contribution is 6.46. The number of aliphatic hydroxyl groups excluding tert-OH is 1. The topological polar surface area (TPSA) is 106 Å². The number of aromatic hydroxyl groups is 1. The molecule has 6 rings (SSSR count). The van der Waals surface area contributed by atoms with Crippen molar-refractivity contribution in [2.24, 2.45) is 0 Å². The Morgan fingerprint density at radius 2 is 1.92 bits per heavy atom. The van der Waals surface area contributed by atoms with E-state index < -0.39 is 17.7 Å². The van der Waals surface area contributed by atoms with Crippen LogP contribution in [0.2, 0.25) is 0 Å². The normalized spacial score (nSPS) is 18.6. The summed E-state index contributed by atoms with van der Waals surface area (Å²) in [5.74, 6) is -0.986. The van der Waals surface area contributed by atoms with Crippen molar-refractivity contribution in [3.8, 4) is 11.5 Å². The summed E-state index contributed by atoms with van der Waals surface area (Å²) >= 11 is 0. The average molecular weight is 510 g/mol. The number of aromatic nitrogens is 1. The van der Waals surface area contributed by atoms with Gasteiger partial charge in [-0.15, -0.1) is 0 Å². The lowest BCUT2D eigenvalue weighted by Crippen LogP contribution is -2.31. The zero-order chi connectivity index (χ0) is 26.4. The number of likely N-dealkylation sites (tertiary alicyclic amines) is 1. The molecule has 4 aromatic rings. The van der Waals surface area contributed by atoms with E-state index in [4.69, 9.17) is 4.74 Å². The third kappa shape index (κ3) is 3.94. The van der Waals surface area contributed by atoms with E-state index in [9.17, 15) is 19.8 Å². The van der Waals surface area contributed by atoms with E-state index in [1.54, 1.807) is 30.3 Å². The molecule has 0 saturated carbocycles. The Hall–Kier alpha value is -4.72. The van der Waals surface area contributed by atoms with Gasteiger partial charge in [-0.1, -0.05) is 30.3 Å².